The van der Waals surface area contributed by atoms with Gasteiger partial charge in [0.2, 0.25) is 11.8 Å². The first kappa shape index (κ1) is 33.0. The molecular weight excluding hydrogens is 548 g/mol. The number of carbonyl (C=O) groups is 3. The van der Waals surface area contributed by atoms with Crippen molar-refractivity contribution in [2.75, 3.05) is 20.3 Å². The van der Waals surface area contributed by atoms with Crippen molar-refractivity contribution in [2.24, 2.45) is 0 Å². The predicted molar refractivity (Wildman–Crippen MR) is 164 cm³/mol. The molecule has 0 radical (unpaired) electrons. The molecule has 1 aromatic rings. The van der Waals surface area contributed by atoms with E-state index < -0.39 is 30.1 Å². The number of rotatable bonds is 17. The number of aldehydes is 1. The van der Waals surface area contributed by atoms with Gasteiger partial charge in [0.05, 0.1) is 25.7 Å². The number of carbonyl (C=O) groups excluding carboxylic acids is 3. The average molecular weight is 599 g/mol. The van der Waals surface area contributed by atoms with Crippen molar-refractivity contribution < 1.29 is 34.1 Å². The predicted octanol–water partition coefficient (Wildman–Crippen LogP) is 4.82. The number of fused-ring (bicyclic) bond motifs is 3. The Kier molecular flexibility index (Phi) is 12.5. The summed E-state index contributed by atoms with van der Waals surface area (Å²) in [6.07, 6.45) is 15.1. The monoisotopic (exact) mass is 598 g/mol. The largest absolute Gasteiger partial charge is 0.493 e. The van der Waals surface area contributed by atoms with Crippen LogP contribution in [0.25, 0.3) is 0 Å². The summed E-state index contributed by atoms with van der Waals surface area (Å²) in [5.74, 6) is -0.323. The summed E-state index contributed by atoms with van der Waals surface area (Å²) < 4.78 is 11.8. The molecule has 2 aliphatic carbocycles. The number of ether oxygens (including phenoxy) is 2. The van der Waals surface area contributed by atoms with E-state index in [9.17, 15) is 24.6 Å². The summed E-state index contributed by atoms with van der Waals surface area (Å²) in [6, 6.07) is 2.48. The fraction of sp³-hybridized carbons (Fsp3) is 0.676. The van der Waals surface area contributed by atoms with E-state index in [-0.39, 0.29) is 25.1 Å². The number of aliphatic hydroxyl groups excluding tert-OH is 2. The van der Waals surface area contributed by atoms with Crippen LogP contribution in [0.4, 0.5) is 0 Å². The standard InChI is InChI=1S/C34H50N2O7/c1-3-4-5-6-7-8-9-10-11-16-29(39)36(24-14-12-13-15-24)27-21-26(34(41)35-17-18-37)30-25-19-23(22-38)20-28(42-2)32(25)43-33(30)31(27)40/h19-22,24,27,30-31,33,37,40H,3-18H2,1-2H3,(H,35,41)/t27-,30+,31+,33+/m1/s1. The third kappa shape index (κ3) is 7.79. The lowest BCUT2D eigenvalue weighted by Gasteiger charge is -2.43. The molecule has 4 atom stereocenters. The molecule has 1 aromatic carbocycles. The number of methoxy groups -OCH3 is 1. The van der Waals surface area contributed by atoms with Crippen molar-refractivity contribution in [2.45, 2.75) is 127 Å². The molecule has 9 heteroatoms. The lowest BCUT2D eigenvalue weighted by atomic mass is 9.77. The Bertz CT molecular complexity index is 1130. The molecule has 1 fully saturated rings. The Morgan fingerprint density at radius 3 is 2.37 bits per heavy atom. The fourth-order valence-electron chi connectivity index (χ4n) is 7.04. The highest BCUT2D eigenvalue weighted by atomic mass is 16.5. The molecule has 9 nitrogen and oxygen atoms in total. The van der Waals surface area contributed by atoms with Gasteiger partial charge in [0.25, 0.3) is 0 Å². The van der Waals surface area contributed by atoms with Crippen LogP contribution >= 0.6 is 0 Å². The van der Waals surface area contributed by atoms with Crippen LogP contribution in [0.15, 0.2) is 23.8 Å². The third-order valence-electron chi connectivity index (χ3n) is 9.23. The summed E-state index contributed by atoms with van der Waals surface area (Å²) in [4.78, 5) is 40.9. The molecule has 238 valence electrons. The molecule has 0 bridgehead atoms. The van der Waals surface area contributed by atoms with Crippen LogP contribution in [-0.4, -0.2) is 77.8 Å². The Labute approximate surface area is 256 Å². The number of nitrogens with zero attached hydrogens (tertiary/aromatic N) is 1. The van der Waals surface area contributed by atoms with Crippen LogP contribution in [0.1, 0.15) is 119 Å². The van der Waals surface area contributed by atoms with E-state index in [0.717, 1.165) is 44.9 Å². The molecule has 2 amide bonds. The topological polar surface area (TPSA) is 125 Å². The van der Waals surface area contributed by atoms with Gasteiger partial charge >= 0.3 is 0 Å². The molecule has 0 saturated heterocycles. The highest BCUT2D eigenvalue weighted by molar-refractivity contribution is 5.96. The van der Waals surface area contributed by atoms with Gasteiger partial charge in [-0.3, -0.25) is 14.4 Å². The highest BCUT2D eigenvalue weighted by Gasteiger charge is 2.52. The van der Waals surface area contributed by atoms with Crippen molar-refractivity contribution in [3.8, 4) is 11.5 Å². The Morgan fingerprint density at radius 2 is 1.74 bits per heavy atom. The molecule has 1 saturated carbocycles. The maximum absolute atomic E-state index is 13.9. The van der Waals surface area contributed by atoms with Crippen LogP contribution < -0.4 is 14.8 Å². The van der Waals surface area contributed by atoms with Crippen molar-refractivity contribution in [3.05, 3.63) is 34.9 Å². The summed E-state index contributed by atoms with van der Waals surface area (Å²) in [5.41, 5.74) is 1.31. The molecule has 0 unspecified atom stereocenters. The fourth-order valence-corrected chi connectivity index (χ4v) is 7.04. The normalized spacial score (nSPS) is 22.7. The van der Waals surface area contributed by atoms with Gasteiger partial charge in [0.15, 0.2) is 11.5 Å². The van der Waals surface area contributed by atoms with Crippen LogP contribution in [0, 0.1) is 0 Å². The number of hydrogen-bond donors (Lipinski definition) is 3. The van der Waals surface area contributed by atoms with Crippen molar-refractivity contribution in [3.63, 3.8) is 0 Å². The third-order valence-corrected chi connectivity index (χ3v) is 9.23. The van der Waals surface area contributed by atoms with Crippen molar-refractivity contribution in [1.82, 2.24) is 10.2 Å². The molecule has 4 rings (SSSR count). The molecule has 0 spiro atoms. The van der Waals surface area contributed by atoms with E-state index in [1.165, 1.54) is 45.6 Å². The van der Waals surface area contributed by atoms with E-state index in [0.29, 0.717) is 40.9 Å². The van der Waals surface area contributed by atoms with Crippen molar-refractivity contribution >= 4 is 18.1 Å². The van der Waals surface area contributed by atoms with Crippen LogP contribution in [0.3, 0.4) is 0 Å². The first-order valence-corrected chi connectivity index (χ1v) is 16.4. The molecule has 3 N–H and O–H groups in total. The van der Waals surface area contributed by atoms with Gasteiger partial charge in [-0.2, -0.15) is 0 Å². The Hall–Kier alpha value is -2.91. The molecule has 0 aromatic heterocycles. The van der Waals surface area contributed by atoms with E-state index in [2.05, 4.69) is 12.2 Å². The first-order chi connectivity index (χ1) is 20.9. The van der Waals surface area contributed by atoms with E-state index in [1.54, 1.807) is 18.2 Å². The minimum atomic E-state index is -1.09. The quantitative estimate of drug-likeness (QED) is 0.173. The van der Waals surface area contributed by atoms with Gasteiger partial charge < -0.3 is 29.9 Å². The zero-order chi connectivity index (χ0) is 30.8. The zero-order valence-corrected chi connectivity index (χ0v) is 25.9. The maximum atomic E-state index is 13.9. The SMILES string of the molecule is CCCCCCCCCCCC(=O)N(C1CCCC1)[C@@H]1C=C(C(=O)NCCO)[C@@H]2c3cc(C=O)cc(OC)c3O[C@@H]2[C@H]1O. The zero-order valence-electron chi connectivity index (χ0n) is 25.9. The Balaban J connectivity index is 1.57. The Morgan fingerprint density at radius 1 is 1.07 bits per heavy atom. The second-order valence-corrected chi connectivity index (χ2v) is 12.2. The lowest BCUT2D eigenvalue weighted by molar-refractivity contribution is -0.140. The minimum Gasteiger partial charge on any atom is -0.493 e. The number of amides is 2. The second kappa shape index (κ2) is 16.2. The van der Waals surface area contributed by atoms with Gasteiger partial charge in [-0.05, 0) is 37.5 Å². The van der Waals surface area contributed by atoms with Crippen LogP contribution in [0.2, 0.25) is 0 Å². The number of aliphatic hydroxyl groups is 2. The van der Waals surface area contributed by atoms with Gasteiger partial charge in [-0.25, -0.2) is 0 Å². The summed E-state index contributed by atoms with van der Waals surface area (Å²) >= 11 is 0. The number of unbranched alkanes of at least 4 members (excludes halogenated alkanes) is 8. The molecule has 43 heavy (non-hydrogen) atoms. The number of hydrogen-bond acceptors (Lipinski definition) is 7. The summed E-state index contributed by atoms with van der Waals surface area (Å²) in [6.45, 7) is 2.07. The average Bonchev–Trinajstić information content (AvgIpc) is 3.68. The second-order valence-electron chi connectivity index (χ2n) is 12.2. The van der Waals surface area contributed by atoms with E-state index >= 15 is 0 Å². The molecular formula is C34H50N2O7. The van der Waals surface area contributed by atoms with Crippen LogP contribution in [0.5, 0.6) is 11.5 Å². The summed E-state index contributed by atoms with van der Waals surface area (Å²) in [5, 5.41) is 24.0. The van der Waals surface area contributed by atoms with Gasteiger partial charge in [0, 0.05) is 35.7 Å². The highest BCUT2D eigenvalue weighted by Crippen LogP contribution is 2.51. The smallest absolute Gasteiger partial charge is 0.247 e. The molecule has 1 aliphatic heterocycles. The first-order valence-electron chi connectivity index (χ1n) is 16.4. The van der Waals surface area contributed by atoms with Gasteiger partial charge in [0.1, 0.15) is 18.5 Å². The van der Waals surface area contributed by atoms with E-state index in [4.69, 9.17) is 9.47 Å². The van der Waals surface area contributed by atoms with E-state index in [1.807, 2.05) is 4.90 Å². The van der Waals surface area contributed by atoms with Gasteiger partial charge in [-0.15, -0.1) is 0 Å². The summed E-state index contributed by atoms with van der Waals surface area (Å²) in [7, 11) is 1.48. The van der Waals surface area contributed by atoms with Gasteiger partial charge in [-0.1, -0.05) is 71.1 Å². The van der Waals surface area contributed by atoms with Crippen LogP contribution in [-0.2, 0) is 9.59 Å². The minimum absolute atomic E-state index is 0.0000416. The molecule has 1 heterocycles. The maximum Gasteiger partial charge on any atom is 0.247 e. The van der Waals surface area contributed by atoms with Crippen molar-refractivity contribution in [1.29, 1.82) is 0 Å². The lowest BCUT2D eigenvalue weighted by Crippen LogP contribution is -2.58. The number of nitrogens with one attached hydrogen (secondary N) is 1. The number of benzene rings is 1. The molecule has 3 aliphatic rings.